The number of carbonyl (C=O) groups is 1. The van der Waals surface area contributed by atoms with Gasteiger partial charge in [0, 0.05) is 11.5 Å². The summed E-state index contributed by atoms with van der Waals surface area (Å²) in [5, 5.41) is 9.60. The van der Waals surface area contributed by atoms with Crippen molar-refractivity contribution in [3.05, 3.63) is 29.8 Å². The molecule has 0 heterocycles. The van der Waals surface area contributed by atoms with Crippen LogP contribution in [0.15, 0.2) is 24.3 Å². The molecule has 3 rings (SSSR count). The molecule has 3 atom stereocenters. The number of methoxy groups -OCH3 is 1. The molecule has 0 radical (unpaired) electrons. The van der Waals surface area contributed by atoms with E-state index in [1.54, 1.807) is 24.3 Å². The van der Waals surface area contributed by atoms with E-state index in [2.05, 4.69) is 20.8 Å². The molecule has 1 aromatic rings. The van der Waals surface area contributed by atoms with Crippen molar-refractivity contribution in [3.8, 4) is 11.5 Å². The maximum atomic E-state index is 12.2. The largest absolute Gasteiger partial charge is 0.504 e. The first-order chi connectivity index (χ1) is 11.3. The van der Waals surface area contributed by atoms with Crippen molar-refractivity contribution in [2.45, 2.75) is 46.1 Å². The fraction of sp³-hybridized carbons (Fsp3) is 0.550. The van der Waals surface area contributed by atoms with Crippen LogP contribution in [0.5, 0.6) is 11.5 Å². The number of ether oxygens (including phenoxy) is 2. The van der Waals surface area contributed by atoms with Crippen LogP contribution in [0.1, 0.15) is 45.6 Å². The molecule has 0 aromatic heterocycles. The van der Waals surface area contributed by atoms with E-state index in [1.807, 2.05) is 0 Å². The van der Waals surface area contributed by atoms with Crippen LogP contribution in [-0.2, 0) is 9.53 Å². The summed E-state index contributed by atoms with van der Waals surface area (Å²) in [6.45, 7) is 6.86. The molecule has 0 amide bonds. The summed E-state index contributed by atoms with van der Waals surface area (Å²) in [6.07, 6.45) is 6.47. The molecule has 2 aliphatic carbocycles. The van der Waals surface area contributed by atoms with Gasteiger partial charge in [0.15, 0.2) is 11.5 Å². The highest BCUT2D eigenvalue weighted by molar-refractivity contribution is 5.87. The Morgan fingerprint density at radius 2 is 2.08 bits per heavy atom. The maximum Gasteiger partial charge on any atom is 0.331 e. The highest BCUT2D eigenvalue weighted by Crippen LogP contribution is 2.66. The number of benzene rings is 1. The summed E-state index contributed by atoms with van der Waals surface area (Å²) in [5.41, 5.74) is 1.08. The van der Waals surface area contributed by atoms with Crippen molar-refractivity contribution < 1.29 is 19.4 Å². The molecule has 2 bridgehead atoms. The molecule has 4 heteroatoms. The van der Waals surface area contributed by atoms with Gasteiger partial charge in [0.1, 0.15) is 6.10 Å². The van der Waals surface area contributed by atoms with Gasteiger partial charge in [-0.3, -0.25) is 0 Å². The number of hydrogen-bond acceptors (Lipinski definition) is 4. The predicted octanol–water partition coefficient (Wildman–Crippen LogP) is 4.17. The molecule has 0 aliphatic heterocycles. The Bertz CT molecular complexity index is 676. The molecule has 0 unspecified atom stereocenters. The first-order valence-corrected chi connectivity index (χ1v) is 8.53. The third kappa shape index (κ3) is 2.58. The fourth-order valence-corrected chi connectivity index (χ4v) is 4.45. The number of phenols is 1. The topological polar surface area (TPSA) is 55.8 Å². The number of hydrogen-bond donors (Lipinski definition) is 1. The Morgan fingerprint density at radius 3 is 2.67 bits per heavy atom. The molecule has 2 fully saturated rings. The number of aromatic hydroxyl groups is 1. The van der Waals surface area contributed by atoms with Gasteiger partial charge in [0.05, 0.1) is 7.11 Å². The van der Waals surface area contributed by atoms with Crippen molar-refractivity contribution in [2.75, 3.05) is 7.11 Å². The number of esters is 1. The van der Waals surface area contributed by atoms with Crippen molar-refractivity contribution in [2.24, 2.45) is 16.7 Å². The quantitative estimate of drug-likeness (QED) is 0.665. The SMILES string of the molecule is COc1cc(C=CC(=O)O[C@H]2C[C@H]3CC[C@]2(C)C3(C)C)ccc1O. The van der Waals surface area contributed by atoms with E-state index in [4.69, 9.17) is 9.47 Å². The van der Waals surface area contributed by atoms with Gasteiger partial charge in [-0.1, -0.05) is 26.8 Å². The third-order valence-electron chi connectivity index (χ3n) is 6.59. The van der Waals surface area contributed by atoms with E-state index >= 15 is 0 Å². The van der Waals surface area contributed by atoms with Crippen LogP contribution in [0.4, 0.5) is 0 Å². The smallest absolute Gasteiger partial charge is 0.331 e. The van der Waals surface area contributed by atoms with Crippen molar-refractivity contribution in [3.63, 3.8) is 0 Å². The Morgan fingerprint density at radius 1 is 1.33 bits per heavy atom. The predicted molar refractivity (Wildman–Crippen MR) is 92.8 cm³/mol. The lowest BCUT2D eigenvalue weighted by Gasteiger charge is -2.38. The first kappa shape index (κ1) is 16.9. The van der Waals surface area contributed by atoms with Crippen LogP contribution >= 0.6 is 0 Å². The second kappa shape index (κ2) is 5.83. The molecule has 130 valence electrons. The summed E-state index contributed by atoms with van der Waals surface area (Å²) in [7, 11) is 1.49. The van der Waals surface area contributed by atoms with Crippen molar-refractivity contribution in [1.29, 1.82) is 0 Å². The first-order valence-electron chi connectivity index (χ1n) is 8.53. The average molecular weight is 330 g/mol. The lowest BCUT2D eigenvalue weighted by molar-refractivity contribution is -0.150. The van der Waals surface area contributed by atoms with E-state index in [1.165, 1.54) is 19.6 Å². The van der Waals surface area contributed by atoms with E-state index in [0.717, 1.165) is 18.4 Å². The fourth-order valence-electron chi connectivity index (χ4n) is 4.45. The molecular weight excluding hydrogens is 304 g/mol. The van der Waals surface area contributed by atoms with Crippen LogP contribution < -0.4 is 4.74 Å². The Labute approximate surface area is 143 Å². The maximum absolute atomic E-state index is 12.2. The Hall–Kier alpha value is -1.97. The van der Waals surface area contributed by atoms with Crippen LogP contribution in [0.2, 0.25) is 0 Å². The zero-order valence-electron chi connectivity index (χ0n) is 14.8. The molecule has 4 nitrogen and oxygen atoms in total. The monoisotopic (exact) mass is 330 g/mol. The molecular formula is C20H26O4. The normalized spacial score (nSPS) is 30.7. The minimum Gasteiger partial charge on any atom is -0.504 e. The van der Waals surface area contributed by atoms with Gasteiger partial charge in [-0.15, -0.1) is 0 Å². The zero-order valence-corrected chi connectivity index (χ0v) is 14.8. The van der Waals surface area contributed by atoms with Crippen LogP contribution in [0.25, 0.3) is 6.08 Å². The highest BCUT2D eigenvalue weighted by Gasteiger charge is 2.62. The van der Waals surface area contributed by atoms with Crippen molar-refractivity contribution in [1.82, 2.24) is 0 Å². The zero-order chi connectivity index (χ0) is 17.5. The lowest BCUT2D eigenvalue weighted by Crippen LogP contribution is -2.38. The molecule has 1 N–H and O–H groups in total. The van der Waals surface area contributed by atoms with Crippen LogP contribution in [0.3, 0.4) is 0 Å². The van der Waals surface area contributed by atoms with Gasteiger partial charge in [-0.2, -0.15) is 0 Å². The minimum atomic E-state index is -0.309. The van der Waals surface area contributed by atoms with Gasteiger partial charge >= 0.3 is 5.97 Å². The van der Waals surface area contributed by atoms with Crippen LogP contribution in [-0.4, -0.2) is 24.3 Å². The number of rotatable bonds is 4. The standard InChI is InChI=1S/C20H26O4/c1-19(2)14-9-10-20(19,3)17(12-14)24-18(22)8-6-13-5-7-15(21)16(11-13)23-4/h5-8,11,14,17,21H,9-10,12H2,1-4H3/t14-,17+,20+/m1/s1. The Balaban J connectivity index is 1.67. The lowest BCUT2D eigenvalue weighted by atomic mass is 9.70. The number of fused-ring (bicyclic) bond motifs is 2. The van der Waals surface area contributed by atoms with Gasteiger partial charge in [0.25, 0.3) is 0 Å². The summed E-state index contributed by atoms with van der Waals surface area (Å²) in [5.74, 6) is 0.796. The number of carbonyl (C=O) groups excluding carboxylic acids is 1. The summed E-state index contributed by atoms with van der Waals surface area (Å²) in [4.78, 5) is 12.2. The highest BCUT2D eigenvalue weighted by atomic mass is 16.5. The van der Waals surface area contributed by atoms with Gasteiger partial charge < -0.3 is 14.6 Å². The van der Waals surface area contributed by atoms with Gasteiger partial charge in [-0.25, -0.2) is 4.79 Å². The summed E-state index contributed by atoms with van der Waals surface area (Å²) < 4.78 is 10.8. The number of phenolic OH excluding ortho intramolecular Hbond substituents is 1. The van der Waals surface area contributed by atoms with E-state index < -0.39 is 0 Å². The third-order valence-corrected chi connectivity index (χ3v) is 6.59. The molecule has 1 aromatic carbocycles. The van der Waals surface area contributed by atoms with Gasteiger partial charge in [0.2, 0.25) is 0 Å². The van der Waals surface area contributed by atoms with E-state index in [-0.39, 0.29) is 28.7 Å². The van der Waals surface area contributed by atoms with Gasteiger partial charge in [-0.05, 0) is 54.4 Å². The second-order valence-corrected chi connectivity index (χ2v) is 7.80. The van der Waals surface area contributed by atoms with Crippen LogP contribution in [0, 0.1) is 16.7 Å². The van der Waals surface area contributed by atoms with E-state index in [0.29, 0.717) is 11.7 Å². The molecule has 2 aliphatic rings. The average Bonchev–Trinajstić information content (AvgIpc) is 2.87. The summed E-state index contributed by atoms with van der Waals surface area (Å²) in [6, 6.07) is 4.95. The Kier molecular flexibility index (Phi) is 4.10. The molecule has 0 spiro atoms. The molecule has 2 saturated carbocycles. The van der Waals surface area contributed by atoms with E-state index in [9.17, 15) is 9.90 Å². The minimum absolute atomic E-state index is 0.00208. The second-order valence-electron chi connectivity index (χ2n) is 7.80. The van der Waals surface area contributed by atoms with Crippen molar-refractivity contribution >= 4 is 12.0 Å². The summed E-state index contributed by atoms with van der Waals surface area (Å²) >= 11 is 0. The molecule has 0 saturated heterocycles. The molecule has 24 heavy (non-hydrogen) atoms.